The number of ether oxygens (including phenoxy) is 1. The highest BCUT2D eigenvalue weighted by Crippen LogP contribution is 2.29. The molecule has 0 bridgehead atoms. The van der Waals surface area contributed by atoms with E-state index in [9.17, 15) is 4.79 Å². The highest BCUT2D eigenvalue weighted by molar-refractivity contribution is 7.22. The van der Waals surface area contributed by atoms with E-state index in [4.69, 9.17) is 4.74 Å². The van der Waals surface area contributed by atoms with E-state index in [0.29, 0.717) is 11.0 Å². The molecule has 2 aromatic rings. The highest BCUT2D eigenvalue weighted by Gasteiger charge is 2.27. The van der Waals surface area contributed by atoms with E-state index >= 15 is 0 Å². The molecule has 2 N–H and O–H groups in total. The number of aromatic nitrogens is 1. The Balaban J connectivity index is 1.76. The number of fused-ring (bicyclic) bond motifs is 1. The Labute approximate surface area is 127 Å². The molecule has 1 aromatic heterocycles. The van der Waals surface area contributed by atoms with Crippen LogP contribution in [-0.4, -0.2) is 30.6 Å². The number of amides is 1. The van der Waals surface area contributed by atoms with Crippen molar-refractivity contribution < 1.29 is 9.53 Å². The summed E-state index contributed by atoms with van der Waals surface area (Å²) in [6.45, 7) is 3.01. The number of methoxy groups -OCH3 is 1. The predicted octanol–water partition coefficient (Wildman–Crippen LogP) is 2.63. The number of hydrogen-bond donors (Lipinski definition) is 2. The number of carbonyl (C=O) groups is 1. The molecule has 0 aliphatic carbocycles. The van der Waals surface area contributed by atoms with Crippen LogP contribution in [0.25, 0.3) is 10.2 Å². The van der Waals surface area contributed by atoms with Gasteiger partial charge in [0.2, 0.25) is 5.91 Å². The third-order valence-electron chi connectivity index (χ3n) is 3.88. The zero-order valence-corrected chi connectivity index (χ0v) is 13.0. The molecule has 2 heterocycles. The second-order valence-electron chi connectivity index (χ2n) is 5.39. The molecule has 3 rings (SSSR count). The van der Waals surface area contributed by atoms with Crippen LogP contribution in [0.3, 0.4) is 0 Å². The number of carbonyl (C=O) groups excluding carboxylic acids is 1. The van der Waals surface area contributed by atoms with Crippen LogP contribution >= 0.6 is 11.3 Å². The Bertz CT molecular complexity index is 655. The number of piperidine rings is 1. The number of rotatable bonds is 3. The number of nitrogens with one attached hydrogen (secondary N) is 2. The van der Waals surface area contributed by atoms with Gasteiger partial charge >= 0.3 is 0 Å². The predicted molar refractivity (Wildman–Crippen MR) is 85.0 cm³/mol. The summed E-state index contributed by atoms with van der Waals surface area (Å²) in [4.78, 5) is 16.8. The zero-order chi connectivity index (χ0) is 14.8. The third kappa shape index (κ3) is 3.01. The van der Waals surface area contributed by atoms with Gasteiger partial charge in [0.25, 0.3) is 0 Å². The maximum atomic E-state index is 12.3. The Kier molecular flexibility index (Phi) is 4.07. The van der Waals surface area contributed by atoms with Gasteiger partial charge in [0.05, 0.1) is 23.4 Å². The number of thiazole rings is 1. The van der Waals surface area contributed by atoms with Crippen molar-refractivity contribution in [3.8, 4) is 5.75 Å². The van der Waals surface area contributed by atoms with Crippen LogP contribution in [0.1, 0.15) is 19.8 Å². The lowest BCUT2D eigenvalue weighted by molar-refractivity contribution is -0.119. The smallest absolute Gasteiger partial charge is 0.243 e. The van der Waals surface area contributed by atoms with Crippen LogP contribution in [0.2, 0.25) is 0 Å². The minimum atomic E-state index is -0.125. The maximum absolute atomic E-state index is 12.3. The van der Waals surface area contributed by atoms with Crippen LogP contribution < -0.4 is 15.4 Å². The van der Waals surface area contributed by atoms with Gasteiger partial charge in [0, 0.05) is 0 Å². The Morgan fingerprint density at radius 1 is 1.52 bits per heavy atom. The molecule has 1 aliphatic heterocycles. The average molecular weight is 305 g/mol. The van der Waals surface area contributed by atoms with E-state index in [1.807, 2.05) is 18.2 Å². The molecule has 1 aromatic carbocycles. The minimum absolute atomic E-state index is 0.00761. The highest BCUT2D eigenvalue weighted by atomic mass is 32.1. The van der Waals surface area contributed by atoms with Crippen molar-refractivity contribution in [2.24, 2.45) is 5.92 Å². The molecule has 21 heavy (non-hydrogen) atoms. The second-order valence-corrected chi connectivity index (χ2v) is 6.42. The molecule has 0 radical (unpaired) electrons. The first-order valence-corrected chi connectivity index (χ1v) is 7.98. The van der Waals surface area contributed by atoms with Gasteiger partial charge < -0.3 is 15.4 Å². The third-order valence-corrected chi connectivity index (χ3v) is 4.81. The van der Waals surface area contributed by atoms with Crippen LogP contribution in [0.4, 0.5) is 5.13 Å². The minimum Gasteiger partial charge on any atom is -0.497 e. The van der Waals surface area contributed by atoms with Crippen molar-refractivity contribution in [2.45, 2.75) is 25.8 Å². The summed E-state index contributed by atoms with van der Waals surface area (Å²) < 4.78 is 6.21. The van der Waals surface area contributed by atoms with Crippen LogP contribution in [0.5, 0.6) is 5.75 Å². The quantitative estimate of drug-likeness (QED) is 0.915. The van der Waals surface area contributed by atoms with Crippen molar-refractivity contribution in [1.82, 2.24) is 10.3 Å². The maximum Gasteiger partial charge on any atom is 0.243 e. The topological polar surface area (TPSA) is 63.2 Å². The molecule has 1 fully saturated rings. The number of hydrogen-bond acceptors (Lipinski definition) is 5. The van der Waals surface area contributed by atoms with E-state index in [1.54, 1.807) is 7.11 Å². The van der Waals surface area contributed by atoms with Crippen LogP contribution in [0, 0.1) is 5.92 Å². The van der Waals surface area contributed by atoms with Gasteiger partial charge in [-0.15, -0.1) is 0 Å². The van der Waals surface area contributed by atoms with Gasteiger partial charge in [-0.05, 0) is 43.5 Å². The second kappa shape index (κ2) is 5.99. The zero-order valence-electron chi connectivity index (χ0n) is 12.2. The summed E-state index contributed by atoms with van der Waals surface area (Å²) in [7, 11) is 1.64. The molecule has 112 valence electrons. The lowest BCUT2D eigenvalue weighted by atomic mass is 9.92. The average Bonchev–Trinajstić information content (AvgIpc) is 2.88. The largest absolute Gasteiger partial charge is 0.497 e. The molecule has 1 saturated heterocycles. The Morgan fingerprint density at radius 2 is 2.38 bits per heavy atom. The molecule has 2 unspecified atom stereocenters. The van der Waals surface area contributed by atoms with E-state index in [2.05, 4.69) is 22.5 Å². The van der Waals surface area contributed by atoms with Gasteiger partial charge in [-0.3, -0.25) is 4.79 Å². The fourth-order valence-corrected chi connectivity index (χ4v) is 3.57. The lowest BCUT2D eigenvalue weighted by Crippen LogP contribution is -2.48. The first-order valence-electron chi connectivity index (χ1n) is 7.16. The number of nitrogens with zero attached hydrogens (tertiary/aromatic N) is 1. The monoisotopic (exact) mass is 305 g/mol. The van der Waals surface area contributed by atoms with Crippen molar-refractivity contribution in [1.29, 1.82) is 0 Å². The molecule has 1 aliphatic rings. The molecule has 1 amide bonds. The van der Waals surface area contributed by atoms with Gasteiger partial charge in [0.15, 0.2) is 5.13 Å². The Hall–Kier alpha value is -1.66. The van der Waals surface area contributed by atoms with E-state index in [0.717, 1.165) is 35.4 Å². The van der Waals surface area contributed by atoms with Gasteiger partial charge in [0.1, 0.15) is 5.75 Å². The first kappa shape index (κ1) is 14.3. The van der Waals surface area contributed by atoms with Crippen molar-refractivity contribution in [3.63, 3.8) is 0 Å². The molecular weight excluding hydrogens is 286 g/mol. The fraction of sp³-hybridized carbons (Fsp3) is 0.467. The standard InChI is InChI=1S/C15H19N3O2S/c1-9-4-3-7-16-13(9)14(19)18-15-17-11-6-5-10(20-2)8-12(11)21-15/h5-6,8-9,13,16H,3-4,7H2,1-2H3,(H,17,18,19). The summed E-state index contributed by atoms with van der Waals surface area (Å²) in [5.41, 5.74) is 0.876. The van der Waals surface area contributed by atoms with Crippen molar-refractivity contribution in [2.75, 3.05) is 19.0 Å². The van der Waals surface area contributed by atoms with Crippen molar-refractivity contribution in [3.05, 3.63) is 18.2 Å². The lowest BCUT2D eigenvalue weighted by Gasteiger charge is -2.28. The van der Waals surface area contributed by atoms with E-state index in [-0.39, 0.29) is 11.9 Å². The Morgan fingerprint density at radius 3 is 3.14 bits per heavy atom. The van der Waals surface area contributed by atoms with Crippen LogP contribution in [-0.2, 0) is 4.79 Å². The van der Waals surface area contributed by atoms with Crippen molar-refractivity contribution >= 4 is 32.6 Å². The van der Waals surface area contributed by atoms with Crippen LogP contribution in [0.15, 0.2) is 18.2 Å². The summed E-state index contributed by atoms with van der Waals surface area (Å²) in [6.07, 6.45) is 2.22. The number of benzene rings is 1. The molecule has 5 nitrogen and oxygen atoms in total. The summed E-state index contributed by atoms with van der Waals surface area (Å²) in [6, 6.07) is 5.59. The van der Waals surface area contributed by atoms with Gasteiger partial charge in [-0.25, -0.2) is 4.98 Å². The summed E-state index contributed by atoms with van der Waals surface area (Å²) in [5.74, 6) is 1.16. The summed E-state index contributed by atoms with van der Waals surface area (Å²) in [5, 5.41) is 6.86. The number of anilines is 1. The fourth-order valence-electron chi connectivity index (χ4n) is 2.67. The van der Waals surface area contributed by atoms with E-state index in [1.165, 1.54) is 11.3 Å². The van der Waals surface area contributed by atoms with Gasteiger partial charge in [-0.2, -0.15) is 0 Å². The normalized spacial score (nSPS) is 22.2. The summed E-state index contributed by atoms with van der Waals surface area (Å²) >= 11 is 1.47. The molecular formula is C15H19N3O2S. The molecule has 2 atom stereocenters. The molecule has 0 saturated carbocycles. The van der Waals surface area contributed by atoms with Gasteiger partial charge in [-0.1, -0.05) is 18.3 Å². The van der Waals surface area contributed by atoms with E-state index < -0.39 is 0 Å². The molecule has 6 heteroatoms. The first-order chi connectivity index (χ1) is 10.2. The SMILES string of the molecule is COc1ccc2nc(NC(=O)C3NCCCC3C)sc2c1. The molecule has 0 spiro atoms.